The minimum atomic E-state index is -0.887. The van der Waals surface area contributed by atoms with Crippen LogP contribution in [0.2, 0.25) is 0 Å². The Bertz CT molecular complexity index is 741. The van der Waals surface area contributed by atoms with Gasteiger partial charge in [0.05, 0.1) is 25.2 Å². The predicted octanol–water partition coefficient (Wildman–Crippen LogP) is 0.687. The summed E-state index contributed by atoms with van der Waals surface area (Å²) in [6.07, 6.45) is 3.50. The monoisotopic (exact) mass is 405 g/mol. The Morgan fingerprint density at radius 2 is 2.03 bits per heavy atom. The van der Waals surface area contributed by atoms with E-state index in [1.54, 1.807) is 11.1 Å². The van der Waals surface area contributed by atoms with Crippen molar-refractivity contribution >= 4 is 11.9 Å². The lowest BCUT2D eigenvalue weighted by molar-refractivity contribution is -0.142. The van der Waals surface area contributed by atoms with E-state index in [2.05, 4.69) is 20.6 Å². The number of aromatic nitrogens is 2. The maximum Gasteiger partial charge on any atom is 0.315 e. The molecule has 9 heteroatoms. The minimum absolute atomic E-state index is 0.000760. The third-order valence-electron chi connectivity index (χ3n) is 6.04. The van der Waals surface area contributed by atoms with Crippen LogP contribution in [0, 0.1) is 5.92 Å². The average molecular weight is 405 g/mol. The van der Waals surface area contributed by atoms with Gasteiger partial charge in [-0.05, 0) is 33.1 Å². The van der Waals surface area contributed by atoms with Crippen LogP contribution >= 0.6 is 0 Å². The Hall–Kier alpha value is -2.13. The fraction of sp³-hybridized carbons (Fsp3) is 0.750. The summed E-state index contributed by atoms with van der Waals surface area (Å²) in [5.74, 6) is 0.364. The molecule has 0 radical (unpaired) electrons. The summed E-state index contributed by atoms with van der Waals surface area (Å²) in [5.41, 5.74) is 0.784. The second-order valence-electron chi connectivity index (χ2n) is 8.67. The molecule has 4 N–H and O–H groups in total. The maximum atomic E-state index is 13.1. The number of ether oxygens (including phenoxy) is 1. The summed E-state index contributed by atoms with van der Waals surface area (Å²) in [5, 5.41) is 16.9. The first-order valence-electron chi connectivity index (χ1n) is 10.6. The highest BCUT2D eigenvalue weighted by atomic mass is 16.5. The number of nitrogens with one attached hydrogen (secondary N) is 3. The number of morpholine rings is 1. The molecule has 2 saturated carbocycles. The Morgan fingerprint density at radius 3 is 2.69 bits per heavy atom. The summed E-state index contributed by atoms with van der Waals surface area (Å²) >= 11 is 0. The van der Waals surface area contributed by atoms with Crippen molar-refractivity contribution in [2.24, 2.45) is 5.92 Å². The average Bonchev–Trinajstić information content (AvgIpc) is 3.34. The Morgan fingerprint density at radius 1 is 1.31 bits per heavy atom. The lowest BCUT2D eigenvalue weighted by atomic mass is 9.96. The van der Waals surface area contributed by atoms with Crippen LogP contribution in [0.15, 0.2) is 6.20 Å². The molecule has 160 valence electrons. The quantitative estimate of drug-likeness (QED) is 0.575. The van der Waals surface area contributed by atoms with Crippen LogP contribution in [0.25, 0.3) is 0 Å². The van der Waals surface area contributed by atoms with Crippen molar-refractivity contribution in [2.45, 2.75) is 63.1 Å². The van der Waals surface area contributed by atoms with Crippen LogP contribution in [-0.2, 0) is 9.53 Å². The van der Waals surface area contributed by atoms with E-state index < -0.39 is 17.9 Å². The van der Waals surface area contributed by atoms with Crippen molar-refractivity contribution < 1.29 is 19.4 Å². The smallest absolute Gasteiger partial charge is 0.315 e. The van der Waals surface area contributed by atoms with Gasteiger partial charge in [-0.25, -0.2) is 9.78 Å². The van der Waals surface area contributed by atoms with Crippen LogP contribution in [-0.4, -0.2) is 76.4 Å². The number of nitrogens with zero attached hydrogens (tertiary/aromatic N) is 2. The molecule has 1 aromatic rings. The number of carbonyl (C=O) groups is 2. The molecule has 0 aromatic carbocycles. The molecule has 0 unspecified atom stereocenters. The minimum Gasteiger partial charge on any atom is -0.392 e. The van der Waals surface area contributed by atoms with Gasteiger partial charge >= 0.3 is 6.03 Å². The zero-order chi connectivity index (χ0) is 20.5. The number of aliphatic hydroxyl groups is 1. The fourth-order valence-electron chi connectivity index (χ4n) is 4.42. The predicted molar refractivity (Wildman–Crippen MR) is 105 cm³/mol. The van der Waals surface area contributed by atoms with Crippen molar-refractivity contribution in [3.05, 3.63) is 17.7 Å². The standard InChI is InChI=1S/C20H31N5O4/c1-11(2)22-20(28)24-14-9-13(19(27)25-5-7-29-8-6-25)17(26)16(14)15-10-21-18(23-15)12-3-4-12/h10-14,16-17,26H,3-9H2,1-2H3,(H,21,23)(H2,22,24,28)/t13-,14+,16+,17+/m0/s1. The molecule has 0 bridgehead atoms. The number of aromatic amines is 1. The molecule has 1 aliphatic heterocycles. The highest BCUT2D eigenvalue weighted by Gasteiger charge is 2.49. The molecule has 0 spiro atoms. The first-order valence-corrected chi connectivity index (χ1v) is 10.6. The molecule has 4 rings (SSSR count). The fourth-order valence-corrected chi connectivity index (χ4v) is 4.42. The highest BCUT2D eigenvalue weighted by molar-refractivity contribution is 5.81. The third-order valence-corrected chi connectivity index (χ3v) is 6.04. The molecule has 2 aliphatic carbocycles. The van der Waals surface area contributed by atoms with Gasteiger partial charge in [-0.3, -0.25) is 4.79 Å². The molecule has 4 atom stereocenters. The zero-order valence-electron chi connectivity index (χ0n) is 17.1. The van der Waals surface area contributed by atoms with Crippen molar-refractivity contribution in [3.63, 3.8) is 0 Å². The third kappa shape index (κ3) is 4.40. The summed E-state index contributed by atoms with van der Waals surface area (Å²) in [4.78, 5) is 35.0. The van der Waals surface area contributed by atoms with E-state index in [0.29, 0.717) is 38.6 Å². The molecular weight excluding hydrogens is 374 g/mol. The lowest BCUT2D eigenvalue weighted by Crippen LogP contribution is -2.46. The van der Waals surface area contributed by atoms with Gasteiger partial charge in [0, 0.05) is 48.9 Å². The van der Waals surface area contributed by atoms with Gasteiger partial charge in [-0.15, -0.1) is 0 Å². The van der Waals surface area contributed by atoms with Gasteiger partial charge in [-0.1, -0.05) is 0 Å². The Labute approximate surface area is 170 Å². The van der Waals surface area contributed by atoms with Crippen molar-refractivity contribution in [1.82, 2.24) is 25.5 Å². The number of carbonyl (C=O) groups excluding carboxylic acids is 2. The first kappa shape index (κ1) is 20.2. The Kier molecular flexibility index (Phi) is 5.78. The number of urea groups is 1. The number of imidazole rings is 1. The normalized spacial score (nSPS) is 29.9. The second-order valence-corrected chi connectivity index (χ2v) is 8.67. The van der Waals surface area contributed by atoms with E-state index in [0.717, 1.165) is 24.4 Å². The van der Waals surface area contributed by atoms with Crippen LogP contribution in [0.1, 0.15) is 56.5 Å². The number of amides is 3. The van der Waals surface area contributed by atoms with Gasteiger partial charge in [-0.2, -0.15) is 0 Å². The van der Waals surface area contributed by atoms with E-state index in [4.69, 9.17) is 4.74 Å². The van der Waals surface area contributed by atoms with Crippen molar-refractivity contribution in [2.75, 3.05) is 26.3 Å². The van der Waals surface area contributed by atoms with E-state index in [1.165, 1.54) is 0 Å². The molecule has 3 amide bonds. The van der Waals surface area contributed by atoms with Crippen molar-refractivity contribution in [1.29, 1.82) is 0 Å². The van der Waals surface area contributed by atoms with Gasteiger partial charge in [0.2, 0.25) is 5.91 Å². The summed E-state index contributed by atoms with van der Waals surface area (Å²) in [7, 11) is 0. The first-order chi connectivity index (χ1) is 13.9. The van der Waals surface area contributed by atoms with Crippen LogP contribution in [0.4, 0.5) is 4.79 Å². The van der Waals surface area contributed by atoms with Gasteiger partial charge in [0.25, 0.3) is 0 Å². The van der Waals surface area contributed by atoms with E-state index in [9.17, 15) is 14.7 Å². The number of aliphatic hydroxyl groups excluding tert-OH is 1. The van der Waals surface area contributed by atoms with Crippen LogP contribution < -0.4 is 10.6 Å². The lowest BCUT2D eigenvalue weighted by Gasteiger charge is -2.30. The summed E-state index contributed by atoms with van der Waals surface area (Å²) < 4.78 is 5.34. The van der Waals surface area contributed by atoms with E-state index in [-0.39, 0.29) is 24.0 Å². The molecule has 2 heterocycles. The maximum absolute atomic E-state index is 13.1. The molecule has 9 nitrogen and oxygen atoms in total. The SMILES string of the molecule is CC(C)NC(=O)N[C@@H]1C[C@H](C(=O)N2CCOCC2)[C@@H](O)[C@H]1c1cnc(C2CC2)[nH]1. The Balaban J connectivity index is 1.54. The number of hydrogen-bond acceptors (Lipinski definition) is 5. The van der Waals surface area contributed by atoms with E-state index in [1.807, 2.05) is 13.8 Å². The van der Waals surface area contributed by atoms with Crippen LogP contribution in [0.5, 0.6) is 0 Å². The largest absolute Gasteiger partial charge is 0.392 e. The van der Waals surface area contributed by atoms with Crippen LogP contribution in [0.3, 0.4) is 0 Å². The highest BCUT2D eigenvalue weighted by Crippen LogP contribution is 2.42. The molecule has 3 aliphatic rings. The molecule has 1 aromatic heterocycles. The van der Waals surface area contributed by atoms with Gasteiger partial charge < -0.3 is 30.4 Å². The number of rotatable bonds is 5. The molecular formula is C20H31N5O4. The number of hydrogen-bond donors (Lipinski definition) is 4. The topological polar surface area (TPSA) is 120 Å². The molecule has 1 saturated heterocycles. The second kappa shape index (κ2) is 8.31. The van der Waals surface area contributed by atoms with E-state index >= 15 is 0 Å². The number of H-pyrrole nitrogens is 1. The van der Waals surface area contributed by atoms with Gasteiger partial charge in [0.1, 0.15) is 5.82 Å². The van der Waals surface area contributed by atoms with Crippen molar-refractivity contribution in [3.8, 4) is 0 Å². The molecule has 29 heavy (non-hydrogen) atoms. The summed E-state index contributed by atoms with van der Waals surface area (Å²) in [6.45, 7) is 5.89. The molecule has 3 fully saturated rings. The van der Waals surface area contributed by atoms with Gasteiger partial charge in [0.15, 0.2) is 0 Å². The summed E-state index contributed by atoms with van der Waals surface area (Å²) in [6, 6.07) is -0.644. The zero-order valence-corrected chi connectivity index (χ0v) is 17.1.